The van der Waals surface area contributed by atoms with E-state index in [1.165, 1.54) is 20.9 Å². The van der Waals surface area contributed by atoms with Gasteiger partial charge in [-0.05, 0) is 17.0 Å². The van der Waals surface area contributed by atoms with Crippen molar-refractivity contribution in [3.8, 4) is 0 Å². The SMILES string of the molecule is CC(C)c1ccc(C[NH+]2CC[NH+](CN3C(=O)C[C@H](c4ccccc4)C3=O)CC2)cc1. The predicted octanol–water partition coefficient (Wildman–Crippen LogP) is 0.594. The molecule has 2 aliphatic rings. The van der Waals surface area contributed by atoms with Gasteiger partial charge in [-0.15, -0.1) is 0 Å². The molecule has 2 amide bonds. The van der Waals surface area contributed by atoms with Crippen molar-refractivity contribution in [1.82, 2.24) is 4.90 Å². The fourth-order valence-electron chi connectivity index (χ4n) is 4.62. The van der Waals surface area contributed by atoms with Crippen molar-refractivity contribution in [1.29, 1.82) is 0 Å². The quantitative estimate of drug-likeness (QED) is 0.689. The van der Waals surface area contributed by atoms with Gasteiger partial charge in [-0.3, -0.25) is 9.59 Å². The third-order valence-corrected chi connectivity index (χ3v) is 6.59. The first-order valence-electron chi connectivity index (χ1n) is 11.2. The summed E-state index contributed by atoms with van der Waals surface area (Å²) in [5.41, 5.74) is 3.72. The van der Waals surface area contributed by atoms with E-state index in [1.807, 2.05) is 30.3 Å². The smallest absolute Gasteiger partial charge is 0.241 e. The zero-order valence-electron chi connectivity index (χ0n) is 18.1. The number of hydrogen-bond donors (Lipinski definition) is 2. The fraction of sp³-hybridized carbons (Fsp3) is 0.440. The van der Waals surface area contributed by atoms with Gasteiger partial charge in [0.1, 0.15) is 32.7 Å². The number of hydrogen-bond acceptors (Lipinski definition) is 2. The van der Waals surface area contributed by atoms with Crippen molar-refractivity contribution in [2.45, 2.75) is 38.6 Å². The third kappa shape index (κ3) is 4.63. The van der Waals surface area contributed by atoms with Gasteiger partial charge in [-0.2, -0.15) is 0 Å². The Bertz CT molecular complexity index is 871. The van der Waals surface area contributed by atoms with Crippen LogP contribution in [0.5, 0.6) is 0 Å². The molecule has 0 radical (unpaired) electrons. The van der Waals surface area contributed by atoms with Crippen LogP contribution in [-0.4, -0.2) is 49.6 Å². The molecule has 158 valence electrons. The van der Waals surface area contributed by atoms with E-state index in [2.05, 4.69) is 38.1 Å². The van der Waals surface area contributed by atoms with E-state index in [4.69, 9.17) is 0 Å². The van der Waals surface area contributed by atoms with Gasteiger partial charge in [0.2, 0.25) is 11.8 Å². The summed E-state index contributed by atoms with van der Waals surface area (Å²) in [4.78, 5) is 29.8. The Morgan fingerprint density at radius 3 is 2.17 bits per heavy atom. The molecule has 0 unspecified atom stereocenters. The minimum atomic E-state index is -0.307. The third-order valence-electron chi connectivity index (χ3n) is 6.59. The Balaban J connectivity index is 1.28. The average Bonchev–Trinajstić information content (AvgIpc) is 3.04. The second kappa shape index (κ2) is 9.11. The maximum absolute atomic E-state index is 12.9. The van der Waals surface area contributed by atoms with E-state index < -0.39 is 0 Å². The van der Waals surface area contributed by atoms with Crippen LogP contribution in [0, 0.1) is 0 Å². The summed E-state index contributed by atoms with van der Waals surface area (Å²) in [5, 5.41) is 0. The molecule has 2 aromatic carbocycles. The van der Waals surface area contributed by atoms with Crippen LogP contribution < -0.4 is 9.80 Å². The van der Waals surface area contributed by atoms with Gasteiger partial charge in [0.25, 0.3) is 0 Å². The standard InChI is InChI=1S/C25H31N3O2/c1-19(2)21-10-8-20(9-11-21)17-26-12-14-27(15-13-26)18-28-24(29)16-23(25(28)30)22-6-4-3-5-7-22/h3-11,19,23H,12-18H2,1-2H3/p+2/t23-/m1/s1. The summed E-state index contributed by atoms with van der Waals surface area (Å²) in [6, 6.07) is 18.7. The lowest BCUT2D eigenvalue weighted by atomic mass is 9.98. The molecule has 0 aliphatic carbocycles. The van der Waals surface area contributed by atoms with E-state index in [0.29, 0.717) is 19.0 Å². The molecular formula is C25H33N3O2+2. The monoisotopic (exact) mass is 407 g/mol. The van der Waals surface area contributed by atoms with Crippen molar-refractivity contribution >= 4 is 11.8 Å². The Hall–Kier alpha value is -2.50. The number of likely N-dealkylation sites (tertiary alicyclic amines) is 1. The van der Waals surface area contributed by atoms with Gasteiger partial charge < -0.3 is 9.80 Å². The van der Waals surface area contributed by atoms with Crippen molar-refractivity contribution in [2.24, 2.45) is 0 Å². The summed E-state index contributed by atoms with van der Waals surface area (Å²) >= 11 is 0. The normalized spacial score (nSPS) is 24.6. The summed E-state index contributed by atoms with van der Waals surface area (Å²) in [5.74, 6) is 0.204. The van der Waals surface area contributed by atoms with Crippen LogP contribution in [0.1, 0.15) is 48.8 Å². The van der Waals surface area contributed by atoms with Gasteiger partial charge in [0, 0.05) is 12.0 Å². The van der Waals surface area contributed by atoms with Gasteiger partial charge in [-0.1, -0.05) is 68.4 Å². The van der Waals surface area contributed by atoms with Crippen LogP contribution in [0.3, 0.4) is 0 Å². The maximum Gasteiger partial charge on any atom is 0.241 e. The molecule has 0 spiro atoms. The highest BCUT2D eigenvalue weighted by molar-refractivity contribution is 6.06. The Morgan fingerprint density at radius 1 is 0.900 bits per heavy atom. The van der Waals surface area contributed by atoms with Crippen LogP contribution in [0.15, 0.2) is 54.6 Å². The molecule has 2 heterocycles. The molecule has 0 saturated carbocycles. The van der Waals surface area contributed by atoms with Gasteiger partial charge in [-0.25, -0.2) is 4.90 Å². The lowest BCUT2D eigenvalue weighted by molar-refractivity contribution is -1.02. The lowest BCUT2D eigenvalue weighted by Gasteiger charge is -2.31. The fourth-order valence-corrected chi connectivity index (χ4v) is 4.62. The molecule has 2 aromatic rings. The molecule has 2 saturated heterocycles. The molecule has 2 aliphatic heterocycles. The molecular weight excluding hydrogens is 374 g/mol. The number of nitrogens with zero attached hydrogens (tertiary/aromatic N) is 1. The van der Waals surface area contributed by atoms with Crippen LogP contribution in [0.25, 0.3) is 0 Å². The van der Waals surface area contributed by atoms with Crippen molar-refractivity contribution in [2.75, 3.05) is 32.8 Å². The Labute approximate surface area is 179 Å². The van der Waals surface area contributed by atoms with Crippen molar-refractivity contribution in [3.63, 3.8) is 0 Å². The molecule has 1 atom stereocenters. The second-order valence-electron chi connectivity index (χ2n) is 9.06. The van der Waals surface area contributed by atoms with Crippen molar-refractivity contribution < 1.29 is 19.4 Å². The largest absolute Gasteiger partial charge is 0.322 e. The Morgan fingerprint density at radius 2 is 1.53 bits per heavy atom. The molecule has 30 heavy (non-hydrogen) atoms. The summed E-state index contributed by atoms with van der Waals surface area (Å²) in [7, 11) is 0. The molecule has 2 N–H and O–H groups in total. The van der Waals surface area contributed by atoms with Crippen LogP contribution in [0.2, 0.25) is 0 Å². The number of benzene rings is 2. The first-order valence-corrected chi connectivity index (χ1v) is 11.2. The number of quaternary nitrogens is 2. The molecule has 5 heteroatoms. The van der Waals surface area contributed by atoms with Gasteiger partial charge in [0.15, 0.2) is 6.67 Å². The van der Waals surface area contributed by atoms with Crippen LogP contribution in [0.4, 0.5) is 0 Å². The van der Waals surface area contributed by atoms with Crippen LogP contribution >= 0.6 is 0 Å². The molecule has 0 bridgehead atoms. The van der Waals surface area contributed by atoms with E-state index >= 15 is 0 Å². The van der Waals surface area contributed by atoms with E-state index in [0.717, 1.165) is 38.3 Å². The summed E-state index contributed by atoms with van der Waals surface area (Å²) in [6.07, 6.45) is 0.305. The van der Waals surface area contributed by atoms with E-state index in [9.17, 15) is 9.59 Å². The summed E-state index contributed by atoms with van der Waals surface area (Å²) < 4.78 is 0. The zero-order chi connectivity index (χ0) is 21.1. The average molecular weight is 408 g/mol. The molecule has 0 aromatic heterocycles. The Kier molecular flexibility index (Phi) is 6.30. The topological polar surface area (TPSA) is 46.3 Å². The maximum atomic E-state index is 12.9. The molecule has 4 rings (SSSR count). The second-order valence-corrected chi connectivity index (χ2v) is 9.06. The number of carbonyl (C=O) groups excluding carboxylic acids is 2. The zero-order valence-corrected chi connectivity index (χ0v) is 18.1. The number of carbonyl (C=O) groups is 2. The number of piperazine rings is 1. The predicted molar refractivity (Wildman–Crippen MR) is 116 cm³/mol. The highest BCUT2D eigenvalue weighted by Gasteiger charge is 2.41. The van der Waals surface area contributed by atoms with E-state index in [1.54, 1.807) is 4.90 Å². The number of amides is 2. The minimum absolute atomic E-state index is 0.0265. The molecule has 2 fully saturated rings. The highest BCUT2D eigenvalue weighted by Crippen LogP contribution is 2.28. The van der Waals surface area contributed by atoms with Gasteiger partial charge >= 0.3 is 0 Å². The van der Waals surface area contributed by atoms with Gasteiger partial charge in [0.05, 0.1) is 5.92 Å². The summed E-state index contributed by atoms with van der Waals surface area (Å²) in [6.45, 7) is 10.1. The van der Waals surface area contributed by atoms with Crippen molar-refractivity contribution in [3.05, 3.63) is 71.3 Å². The number of nitrogens with one attached hydrogen (secondary N) is 2. The highest BCUT2D eigenvalue weighted by atomic mass is 16.2. The number of imide groups is 1. The molecule has 5 nitrogen and oxygen atoms in total. The number of rotatable bonds is 6. The first-order chi connectivity index (χ1) is 14.5. The first kappa shape index (κ1) is 20.8. The van der Waals surface area contributed by atoms with Crippen LogP contribution in [-0.2, 0) is 16.1 Å². The lowest BCUT2D eigenvalue weighted by Crippen LogP contribution is -3.28. The van der Waals surface area contributed by atoms with E-state index in [-0.39, 0.29) is 17.7 Å². The minimum Gasteiger partial charge on any atom is -0.322 e.